The first kappa shape index (κ1) is 14.1. The van der Waals surface area contributed by atoms with Crippen LogP contribution in [0.5, 0.6) is 0 Å². The van der Waals surface area contributed by atoms with Crippen molar-refractivity contribution in [2.24, 2.45) is 0 Å². The summed E-state index contributed by atoms with van der Waals surface area (Å²) in [6.45, 7) is 6.63. The van der Waals surface area contributed by atoms with Gasteiger partial charge in [0.2, 0.25) is 0 Å². The number of ether oxygens (including phenoxy) is 1. The van der Waals surface area contributed by atoms with E-state index in [0.29, 0.717) is 19.8 Å². The lowest BCUT2D eigenvalue weighted by atomic mass is 10.2. The number of nitrogens with zero attached hydrogens (tertiary/aromatic N) is 1. The van der Waals surface area contributed by atoms with E-state index in [1.54, 1.807) is 0 Å². The third-order valence-corrected chi connectivity index (χ3v) is 2.01. The lowest BCUT2D eigenvalue weighted by molar-refractivity contribution is 0.0692. The number of pyridine rings is 1. The monoisotopic (exact) mass is 254 g/mol. The predicted octanol–water partition coefficient (Wildman–Crippen LogP) is 1.92. The summed E-state index contributed by atoms with van der Waals surface area (Å²) >= 11 is 0. The maximum absolute atomic E-state index is 13.6. The number of anilines is 1. The summed E-state index contributed by atoms with van der Waals surface area (Å²) < 4.78 is 18.8. The van der Waals surface area contributed by atoms with Crippen LogP contribution in [0.3, 0.4) is 0 Å². The molecule has 98 valence electrons. The van der Waals surface area contributed by atoms with Gasteiger partial charge in [0.05, 0.1) is 13.2 Å². The molecule has 0 radical (unpaired) electrons. The zero-order valence-corrected chi connectivity index (χ0v) is 10.1. The van der Waals surface area contributed by atoms with Gasteiger partial charge in [-0.25, -0.2) is 14.2 Å². The zero-order chi connectivity index (χ0) is 13.5. The topological polar surface area (TPSA) is 71.5 Å². The van der Waals surface area contributed by atoms with Crippen molar-refractivity contribution >= 4 is 11.8 Å². The van der Waals surface area contributed by atoms with Crippen LogP contribution in [0.1, 0.15) is 17.3 Å². The summed E-state index contributed by atoms with van der Waals surface area (Å²) in [6.07, 6.45) is 1.24. The Morgan fingerprint density at radius 3 is 3.00 bits per heavy atom. The first-order chi connectivity index (χ1) is 8.52. The number of aromatic nitrogens is 1. The Morgan fingerprint density at radius 2 is 2.39 bits per heavy atom. The van der Waals surface area contributed by atoms with E-state index in [2.05, 4.69) is 16.9 Å². The van der Waals surface area contributed by atoms with Crippen molar-refractivity contribution in [1.29, 1.82) is 0 Å². The van der Waals surface area contributed by atoms with Crippen molar-refractivity contribution in [3.8, 4) is 0 Å². The largest absolute Gasteiger partial charge is 0.478 e. The zero-order valence-electron chi connectivity index (χ0n) is 10.1. The second-order valence-corrected chi connectivity index (χ2v) is 3.76. The van der Waals surface area contributed by atoms with E-state index in [1.165, 1.54) is 6.20 Å². The molecule has 6 heteroatoms. The van der Waals surface area contributed by atoms with Crippen LogP contribution >= 0.6 is 0 Å². The van der Waals surface area contributed by atoms with Gasteiger partial charge in [0, 0.05) is 12.7 Å². The number of hydrogen-bond donors (Lipinski definition) is 2. The number of carbonyl (C=O) groups is 1. The second kappa shape index (κ2) is 6.70. The molecule has 0 spiro atoms. The third-order valence-electron chi connectivity index (χ3n) is 2.01. The molecule has 0 amide bonds. The van der Waals surface area contributed by atoms with E-state index in [-0.39, 0.29) is 5.82 Å². The molecule has 0 saturated carbocycles. The van der Waals surface area contributed by atoms with Gasteiger partial charge in [-0.05, 0) is 13.0 Å². The lowest BCUT2D eigenvalue weighted by Gasteiger charge is -2.08. The maximum atomic E-state index is 13.6. The molecule has 5 nitrogen and oxygen atoms in total. The average molecular weight is 254 g/mol. The van der Waals surface area contributed by atoms with Crippen LogP contribution in [0.15, 0.2) is 24.4 Å². The summed E-state index contributed by atoms with van der Waals surface area (Å²) in [5.41, 5.74) is 0.488. The minimum Gasteiger partial charge on any atom is -0.478 e. The van der Waals surface area contributed by atoms with Gasteiger partial charge in [-0.1, -0.05) is 12.2 Å². The molecule has 1 aromatic rings. The summed E-state index contributed by atoms with van der Waals surface area (Å²) in [7, 11) is 0. The molecule has 0 aliphatic carbocycles. The minimum atomic E-state index is -1.32. The van der Waals surface area contributed by atoms with Crippen molar-refractivity contribution < 1.29 is 19.0 Å². The van der Waals surface area contributed by atoms with Crippen molar-refractivity contribution in [2.45, 2.75) is 6.92 Å². The molecule has 1 aromatic heterocycles. The van der Waals surface area contributed by atoms with Crippen LogP contribution in [0.2, 0.25) is 0 Å². The smallest absolute Gasteiger partial charge is 0.338 e. The molecule has 0 aliphatic heterocycles. The summed E-state index contributed by atoms with van der Waals surface area (Å²) in [6, 6.07) is 1.11. The molecular formula is C12H15FN2O3. The highest BCUT2D eigenvalue weighted by molar-refractivity contribution is 5.88. The molecule has 0 saturated heterocycles. The number of carboxylic acid groups (broad SMARTS) is 1. The average Bonchev–Trinajstić information content (AvgIpc) is 2.30. The first-order valence-electron chi connectivity index (χ1n) is 5.36. The standard InChI is InChI=1S/C12H15FN2O3/c1-8(2)7-18-6-5-15-11-10(13)9(12(16)17)3-4-14-11/h3-4H,1,5-7H2,2H3,(H,14,15)(H,16,17). The molecule has 0 unspecified atom stereocenters. The minimum absolute atomic E-state index is 0.0891. The van der Waals surface area contributed by atoms with Crippen molar-refractivity contribution in [1.82, 2.24) is 4.98 Å². The van der Waals surface area contributed by atoms with Gasteiger partial charge < -0.3 is 15.2 Å². The molecule has 0 bridgehead atoms. The fourth-order valence-electron chi connectivity index (χ4n) is 1.22. The molecular weight excluding hydrogens is 239 g/mol. The Balaban J connectivity index is 2.50. The van der Waals surface area contributed by atoms with E-state index in [1.807, 2.05) is 6.92 Å². The second-order valence-electron chi connectivity index (χ2n) is 3.76. The Kier molecular flexibility index (Phi) is 5.26. The Hall–Kier alpha value is -1.95. The maximum Gasteiger partial charge on any atom is 0.338 e. The van der Waals surface area contributed by atoms with Gasteiger partial charge >= 0.3 is 5.97 Å². The molecule has 18 heavy (non-hydrogen) atoms. The number of carboxylic acids is 1. The van der Waals surface area contributed by atoms with Gasteiger partial charge in [-0.2, -0.15) is 0 Å². The quantitative estimate of drug-likeness (QED) is 0.574. The Labute approximate surface area is 104 Å². The number of hydrogen-bond acceptors (Lipinski definition) is 4. The van der Waals surface area contributed by atoms with Gasteiger partial charge in [-0.3, -0.25) is 0 Å². The number of aromatic carboxylic acids is 1. The van der Waals surface area contributed by atoms with Crippen LogP contribution in [0.25, 0.3) is 0 Å². The van der Waals surface area contributed by atoms with Gasteiger partial charge in [0.25, 0.3) is 0 Å². The van der Waals surface area contributed by atoms with Crippen LogP contribution in [-0.4, -0.2) is 35.8 Å². The third kappa shape index (κ3) is 4.14. The van der Waals surface area contributed by atoms with E-state index in [4.69, 9.17) is 9.84 Å². The number of nitrogens with one attached hydrogen (secondary N) is 1. The molecule has 0 fully saturated rings. The Morgan fingerprint density at radius 1 is 1.67 bits per heavy atom. The molecule has 2 N–H and O–H groups in total. The first-order valence-corrected chi connectivity index (χ1v) is 5.36. The fourth-order valence-corrected chi connectivity index (χ4v) is 1.22. The van der Waals surface area contributed by atoms with Crippen molar-refractivity contribution in [3.05, 3.63) is 35.8 Å². The number of halogens is 1. The van der Waals surface area contributed by atoms with Gasteiger partial charge in [-0.15, -0.1) is 0 Å². The molecule has 1 rings (SSSR count). The van der Waals surface area contributed by atoms with Crippen molar-refractivity contribution in [2.75, 3.05) is 25.1 Å². The van der Waals surface area contributed by atoms with E-state index in [9.17, 15) is 9.18 Å². The van der Waals surface area contributed by atoms with Gasteiger partial charge in [0.15, 0.2) is 11.6 Å². The van der Waals surface area contributed by atoms with E-state index >= 15 is 0 Å². The lowest BCUT2D eigenvalue weighted by Crippen LogP contribution is -2.14. The fraction of sp³-hybridized carbons (Fsp3) is 0.333. The van der Waals surface area contributed by atoms with Crippen LogP contribution in [0.4, 0.5) is 10.2 Å². The van der Waals surface area contributed by atoms with Gasteiger partial charge in [0.1, 0.15) is 5.56 Å². The highest BCUT2D eigenvalue weighted by Gasteiger charge is 2.14. The summed E-state index contributed by atoms with van der Waals surface area (Å²) in [5.74, 6) is -2.28. The highest BCUT2D eigenvalue weighted by Crippen LogP contribution is 2.14. The SMILES string of the molecule is C=C(C)COCCNc1nccc(C(=O)O)c1F. The normalized spacial score (nSPS) is 10.1. The number of rotatable bonds is 7. The highest BCUT2D eigenvalue weighted by atomic mass is 19.1. The van der Waals surface area contributed by atoms with Crippen LogP contribution in [0, 0.1) is 5.82 Å². The molecule has 0 aliphatic rings. The molecule has 0 aromatic carbocycles. The summed E-state index contributed by atoms with van der Waals surface area (Å²) in [5, 5.41) is 11.4. The van der Waals surface area contributed by atoms with E-state index < -0.39 is 17.3 Å². The van der Waals surface area contributed by atoms with E-state index in [0.717, 1.165) is 11.6 Å². The predicted molar refractivity (Wildman–Crippen MR) is 65.3 cm³/mol. The van der Waals surface area contributed by atoms with Crippen LogP contribution < -0.4 is 5.32 Å². The molecule has 0 atom stereocenters. The van der Waals surface area contributed by atoms with Crippen molar-refractivity contribution in [3.63, 3.8) is 0 Å². The molecule has 1 heterocycles. The summed E-state index contributed by atoms with van der Waals surface area (Å²) in [4.78, 5) is 14.4. The Bertz CT molecular complexity index is 449. The van der Waals surface area contributed by atoms with Crippen LogP contribution in [-0.2, 0) is 4.74 Å².